The SMILES string of the molecule is CCc1ccccc1C(N)CC. The Morgan fingerprint density at radius 3 is 2.50 bits per heavy atom. The van der Waals surface area contributed by atoms with E-state index in [0.717, 1.165) is 12.8 Å². The number of hydrogen-bond donors (Lipinski definition) is 1. The van der Waals surface area contributed by atoms with Crippen molar-refractivity contribution in [3.8, 4) is 0 Å². The smallest absolute Gasteiger partial charge is 0.0294 e. The summed E-state index contributed by atoms with van der Waals surface area (Å²) in [6, 6.07) is 8.63. The zero-order valence-corrected chi connectivity index (χ0v) is 7.88. The van der Waals surface area contributed by atoms with Crippen LogP contribution in [0.2, 0.25) is 0 Å². The minimum atomic E-state index is 0.209. The van der Waals surface area contributed by atoms with E-state index in [-0.39, 0.29) is 6.04 Å². The number of rotatable bonds is 3. The van der Waals surface area contributed by atoms with Crippen LogP contribution in [-0.2, 0) is 6.42 Å². The third kappa shape index (κ3) is 1.86. The summed E-state index contributed by atoms with van der Waals surface area (Å²) in [7, 11) is 0. The number of aryl methyl sites for hydroxylation is 1. The van der Waals surface area contributed by atoms with Crippen molar-refractivity contribution in [1.82, 2.24) is 0 Å². The Kier molecular flexibility index (Phi) is 3.30. The van der Waals surface area contributed by atoms with E-state index in [4.69, 9.17) is 5.73 Å². The highest BCUT2D eigenvalue weighted by molar-refractivity contribution is 5.29. The minimum absolute atomic E-state index is 0.209. The Labute approximate surface area is 74.6 Å². The van der Waals surface area contributed by atoms with E-state index >= 15 is 0 Å². The number of benzene rings is 1. The molecule has 0 spiro atoms. The van der Waals surface area contributed by atoms with Crippen molar-refractivity contribution in [1.29, 1.82) is 0 Å². The van der Waals surface area contributed by atoms with Gasteiger partial charge < -0.3 is 5.73 Å². The summed E-state index contributed by atoms with van der Waals surface area (Å²) in [5.74, 6) is 0. The van der Waals surface area contributed by atoms with Gasteiger partial charge in [-0.15, -0.1) is 0 Å². The van der Waals surface area contributed by atoms with Crippen molar-refractivity contribution in [2.75, 3.05) is 0 Å². The van der Waals surface area contributed by atoms with Gasteiger partial charge in [0.15, 0.2) is 0 Å². The lowest BCUT2D eigenvalue weighted by molar-refractivity contribution is 0.690. The molecule has 2 N–H and O–H groups in total. The Morgan fingerprint density at radius 1 is 1.25 bits per heavy atom. The fourth-order valence-corrected chi connectivity index (χ4v) is 1.44. The van der Waals surface area contributed by atoms with Crippen molar-refractivity contribution >= 4 is 0 Å². The maximum Gasteiger partial charge on any atom is 0.0294 e. The average molecular weight is 163 g/mol. The molecule has 0 aliphatic carbocycles. The molecular formula is C11H17N. The third-order valence-corrected chi connectivity index (χ3v) is 2.28. The van der Waals surface area contributed by atoms with Gasteiger partial charge in [0.05, 0.1) is 0 Å². The summed E-state index contributed by atoms with van der Waals surface area (Å²) in [6.07, 6.45) is 2.08. The van der Waals surface area contributed by atoms with Gasteiger partial charge in [-0.1, -0.05) is 38.1 Å². The Balaban J connectivity index is 2.96. The van der Waals surface area contributed by atoms with Crippen LogP contribution in [0.5, 0.6) is 0 Å². The molecule has 0 aliphatic heterocycles. The predicted molar refractivity (Wildman–Crippen MR) is 53.0 cm³/mol. The van der Waals surface area contributed by atoms with E-state index in [9.17, 15) is 0 Å². The van der Waals surface area contributed by atoms with Crippen LogP contribution >= 0.6 is 0 Å². The molecule has 0 saturated heterocycles. The summed E-state index contributed by atoms with van der Waals surface area (Å²) in [6.45, 7) is 4.29. The first-order chi connectivity index (χ1) is 5.79. The summed E-state index contributed by atoms with van der Waals surface area (Å²) >= 11 is 0. The first-order valence-electron chi connectivity index (χ1n) is 4.63. The van der Waals surface area contributed by atoms with Crippen LogP contribution < -0.4 is 5.73 Å². The molecule has 0 bridgehead atoms. The minimum Gasteiger partial charge on any atom is -0.324 e. The Bertz CT molecular complexity index is 243. The fraction of sp³-hybridized carbons (Fsp3) is 0.455. The molecule has 1 rings (SSSR count). The quantitative estimate of drug-likeness (QED) is 0.728. The summed E-state index contributed by atoms with van der Waals surface area (Å²) < 4.78 is 0. The van der Waals surface area contributed by atoms with E-state index in [1.54, 1.807) is 0 Å². The van der Waals surface area contributed by atoms with Gasteiger partial charge in [-0.25, -0.2) is 0 Å². The lowest BCUT2D eigenvalue weighted by atomic mass is 9.98. The van der Waals surface area contributed by atoms with Gasteiger partial charge >= 0.3 is 0 Å². The standard InChI is InChI=1S/C11H17N/c1-3-9-7-5-6-8-10(9)11(12)4-2/h5-8,11H,3-4,12H2,1-2H3. The van der Waals surface area contributed by atoms with Crippen LogP contribution in [-0.4, -0.2) is 0 Å². The molecular weight excluding hydrogens is 146 g/mol. The van der Waals surface area contributed by atoms with Gasteiger partial charge in [-0.3, -0.25) is 0 Å². The van der Waals surface area contributed by atoms with Crippen molar-refractivity contribution in [3.63, 3.8) is 0 Å². The summed E-state index contributed by atoms with van der Waals surface area (Å²) in [4.78, 5) is 0. The summed E-state index contributed by atoms with van der Waals surface area (Å²) in [5.41, 5.74) is 8.66. The maximum atomic E-state index is 5.97. The van der Waals surface area contributed by atoms with E-state index in [2.05, 4.69) is 38.1 Å². The molecule has 66 valence electrons. The van der Waals surface area contributed by atoms with Crippen LogP contribution in [0.1, 0.15) is 37.4 Å². The second-order valence-electron chi connectivity index (χ2n) is 3.07. The number of hydrogen-bond acceptors (Lipinski definition) is 1. The molecule has 1 heteroatoms. The van der Waals surface area contributed by atoms with Crippen LogP contribution in [0.25, 0.3) is 0 Å². The van der Waals surface area contributed by atoms with Gasteiger partial charge in [0.2, 0.25) is 0 Å². The van der Waals surface area contributed by atoms with Gasteiger partial charge in [-0.2, -0.15) is 0 Å². The molecule has 0 aliphatic rings. The topological polar surface area (TPSA) is 26.0 Å². The Hall–Kier alpha value is -0.820. The maximum absolute atomic E-state index is 5.97. The molecule has 0 fully saturated rings. The molecule has 1 unspecified atom stereocenters. The van der Waals surface area contributed by atoms with Gasteiger partial charge in [0.1, 0.15) is 0 Å². The monoisotopic (exact) mass is 163 g/mol. The molecule has 0 aromatic heterocycles. The number of nitrogens with two attached hydrogens (primary N) is 1. The lowest BCUT2D eigenvalue weighted by Crippen LogP contribution is -2.10. The summed E-state index contributed by atoms with van der Waals surface area (Å²) in [5, 5.41) is 0. The van der Waals surface area contributed by atoms with Crippen LogP contribution in [0, 0.1) is 0 Å². The fourth-order valence-electron chi connectivity index (χ4n) is 1.44. The highest BCUT2D eigenvalue weighted by Gasteiger charge is 2.05. The molecule has 12 heavy (non-hydrogen) atoms. The Morgan fingerprint density at radius 2 is 1.92 bits per heavy atom. The van der Waals surface area contributed by atoms with Crippen LogP contribution in [0.4, 0.5) is 0 Å². The van der Waals surface area contributed by atoms with Gasteiger partial charge in [-0.05, 0) is 24.0 Å². The van der Waals surface area contributed by atoms with E-state index in [1.807, 2.05) is 0 Å². The highest BCUT2D eigenvalue weighted by Crippen LogP contribution is 2.18. The second-order valence-corrected chi connectivity index (χ2v) is 3.07. The van der Waals surface area contributed by atoms with Crippen LogP contribution in [0.15, 0.2) is 24.3 Å². The average Bonchev–Trinajstić information content (AvgIpc) is 2.16. The molecule has 1 atom stereocenters. The lowest BCUT2D eigenvalue weighted by Gasteiger charge is -2.13. The molecule has 0 amide bonds. The van der Waals surface area contributed by atoms with Crippen molar-refractivity contribution in [2.24, 2.45) is 5.73 Å². The van der Waals surface area contributed by atoms with Crippen molar-refractivity contribution in [3.05, 3.63) is 35.4 Å². The van der Waals surface area contributed by atoms with E-state index in [0.29, 0.717) is 0 Å². The van der Waals surface area contributed by atoms with Crippen molar-refractivity contribution < 1.29 is 0 Å². The van der Waals surface area contributed by atoms with E-state index < -0.39 is 0 Å². The van der Waals surface area contributed by atoms with Gasteiger partial charge in [0.25, 0.3) is 0 Å². The first kappa shape index (κ1) is 9.27. The predicted octanol–water partition coefficient (Wildman–Crippen LogP) is 2.66. The van der Waals surface area contributed by atoms with Crippen LogP contribution in [0.3, 0.4) is 0 Å². The molecule has 1 aromatic carbocycles. The second kappa shape index (κ2) is 4.27. The van der Waals surface area contributed by atoms with E-state index in [1.165, 1.54) is 11.1 Å². The third-order valence-electron chi connectivity index (χ3n) is 2.28. The first-order valence-corrected chi connectivity index (χ1v) is 4.63. The molecule has 0 radical (unpaired) electrons. The molecule has 1 aromatic rings. The molecule has 1 nitrogen and oxygen atoms in total. The zero-order valence-electron chi connectivity index (χ0n) is 7.88. The normalized spacial score (nSPS) is 12.9. The highest BCUT2D eigenvalue weighted by atomic mass is 14.6. The zero-order chi connectivity index (χ0) is 8.97. The van der Waals surface area contributed by atoms with Gasteiger partial charge in [0, 0.05) is 6.04 Å². The van der Waals surface area contributed by atoms with Crippen molar-refractivity contribution in [2.45, 2.75) is 32.7 Å². The largest absolute Gasteiger partial charge is 0.324 e. The molecule has 0 heterocycles. The molecule has 0 saturated carbocycles.